The van der Waals surface area contributed by atoms with E-state index in [1.54, 1.807) is 6.07 Å². The van der Waals surface area contributed by atoms with Crippen molar-refractivity contribution in [3.63, 3.8) is 0 Å². The minimum atomic E-state index is -0.863. The number of carbonyl (C=O) groups is 1. The topological polar surface area (TPSA) is 120 Å². The van der Waals surface area contributed by atoms with E-state index in [0.29, 0.717) is 11.3 Å². The summed E-state index contributed by atoms with van der Waals surface area (Å²) in [5.74, 6) is -0.399. The molecule has 2 aromatic heterocycles. The van der Waals surface area contributed by atoms with Crippen molar-refractivity contribution in [2.75, 3.05) is 11.5 Å². The molecule has 0 aliphatic carbocycles. The predicted octanol–water partition coefficient (Wildman–Crippen LogP) is 2.58. The molecule has 0 spiro atoms. The Hall–Kier alpha value is -3.61. The molecule has 0 aliphatic heterocycles. The van der Waals surface area contributed by atoms with Gasteiger partial charge in [0.1, 0.15) is 5.82 Å². The molecule has 2 heterocycles. The zero-order valence-corrected chi connectivity index (χ0v) is 14.1. The zero-order chi connectivity index (χ0) is 18.4. The maximum absolute atomic E-state index is 11.0. The van der Waals surface area contributed by atoms with Crippen molar-refractivity contribution >= 4 is 39.5 Å². The molecule has 0 unspecified atom stereocenters. The third-order valence-electron chi connectivity index (χ3n) is 4.45. The van der Waals surface area contributed by atoms with E-state index in [1.165, 1.54) is 0 Å². The van der Waals surface area contributed by atoms with E-state index in [4.69, 9.17) is 16.6 Å². The molecule has 0 amide bonds. The van der Waals surface area contributed by atoms with Crippen LogP contribution >= 0.6 is 0 Å². The third kappa shape index (κ3) is 2.50. The molecule has 0 atom stereocenters. The van der Waals surface area contributed by atoms with Gasteiger partial charge in [-0.1, -0.05) is 24.3 Å². The number of nitrogens with zero attached hydrogens (tertiary/aromatic N) is 3. The summed E-state index contributed by atoms with van der Waals surface area (Å²) in [5.41, 5.74) is 16.1. The molecule has 26 heavy (non-hydrogen) atoms. The summed E-state index contributed by atoms with van der Waals surface area (Å²) in [6, 6.07) is 11.4. The number of rotatable bonds is 3. The van der Waals surface area contributed by atoms with Gasteiger partial charge in [-0.3, -0.25) is 4.79 Å². The molecule has 130 valence electrons. The maximum atomic E-state index is 11.0. The molecular weight excluding hydrogens is 330 g/mol. The second-order valence-corrected chi connectivity index (χ2v) is 6.25. The maximum Gasteiger partial charge on any atom is 0.307 e. The number of carboxylic acids is 1. The Balaban J connectivity index is 2.06. The zero-order valence-electron chi connectivity index (χ0n) is 14.1. The number of nitrogens with two attached hydrogens (primary N) is 2. The lowest BCUT2D eigenvalue weighted by molar-refractivity contribution is -0.136. The first-order valence-corrected chi connectivity index (χ1v) is 8.06. The molecule has 0 saturated carbocycles. The molecule has 0 aliphatic rings. The summed E-state index contributed by atoms with van der Waals surface area (Å²) in [6.45, 7) is 0. The van der Waals surface area contributed by atoms with Gasteiger partial charge in [-0.25, -0.2) is 4.98 Å². The van der Waals surface area contributed by atoms with Gasteiger partial charge in [-0.15, -0.1) is 0 Å². The van der Waals surface area contributed by atoms with E-state index in [1.807, 2.05) is 48.1 Å². The minimum absolute atomic E-state index is 0.0280. The molecule has 7 nitrogen and oxygen atoms in total. The molecule has 7 heteroatoms. The second kappa shape index (κ2) is 5.73. The van der Waals surface area contributed by atoms with Crippen LogP contribution < -0.4 is 11.5 Å². The van der Waals surface area contributed by atoms with E-state index in [0.717, 1.165) is 33.0 Å². The number of anilines is 2. The van der Waals surface area contributed by atoms with Crippen LogP contribution in [0.2, 0.25) is 0 Å². The summed E-state index contributed by atoms with van der Waals surface area (Å²) in [4.78, 5) is 19.5. The van der Waals surface area contributed by atoms with Crippen LogP contribution in [0.5, 0.6) is 0 Å². The van der Waals surface area contributed by atoms with Crippen LogP contribution in [-0.2, 0) is 18.3 Å². The number of hydrogen-bond donors (Lipinski definition) is 3. The fourth-order valence-corrected chi connectivity index (χ4v) is 3.41. The molecule has 0 saturated heterocycles. The van der Waals surface area contributed by atoms with E-state index in [2.05, 4.69) is 9.97 Å². The van der Waals surface area contributed by atoms with E-state index >= 15 is 0 Å². The SMILES string of the molecule is Cn1ccc2c3c(N)nc(N)nc3cc(-c3cccc(CC(=O)O)c3)c21. The van der Waals surface area contributed by atoms with Gasteiger partial charge in [0.05, 0.1) is 22.8 Å². The number of nitrogen functional groups attached to an aromatic ring is 2. The van der Waals surface area contributed by atoms with Crippen LogP contribution in [0, 0.1) is 0 Å². The molecule has 4 aromatic rings. The van der Waals surface area contributed by atoms with Crippen molar-refractivity contribution < 1.29 is 9.90 Å². The van der Waals surface area contributed by atoms with Crippen LogP contribution in [-0.4, -0.2) is 25.6 Å². The Labute approximate surface area is 148 Å². The molecule has 4 rings (SSSR count). The number of fused-ring (bicyclic) bond motifs is 3. The number of aryl methyl sites for hydroxylation is 1. The molecule has 0 radical (unpaired) electrons. The Morgan fingerprint density at radius 2 is 2.00 bits per heavy atom. The highest BCUT2D eigenvalue weighted by atomic mass is 16.4. The smallest absolute Gasteiger partial charge is 0.307 e. The van der Waals surface area contributed by atoms with E-state index in [-0.39, 0.29) is 12.4 Å². The third-order valence-corrected chi connectivity index (χ3v) is 4.45. The molecule has 0 fully saturated rings. The van der Waals surface area contributed by atoms with E-state index < -0.39 is 5.97 Å². The number of aromatic nitrogens is 3. The molecular formula is C19H17N5O2. The predicted molar refractivity (Wildman–Crippen MR) is 102 cm³/mol. The van der Waals surface area contributed by atoms with Gasteiger partial charge in [0.2, 0.25) is 5.95 Å². The van der Waals surface area contributed by atoms with Crippen LogP contribution in [0.4, 0.5) is 11.8 Å². The first-order valence-electron chi connectivity index (χ1n) is 8.06. The highest BCUT2D eigenvalue weighted by Crippen LogP contribution is 2.37. The summed E-state index contributed by atoms with van der Waals surface area (Å²) in [7, 11) is 1.95. The second-order valence-electron chi connectivity index (χ2n) is 6.25. The van der Waals surface area contributed by atoms with Crippen molar-refractivity contribution in [1.82, 2.24) is 14.5 Å². The van der Waals surface area contributed by atoms with Crippen molar-refractivity contribution in [2.24, 2.45) is 7.05 Å². The lowest BCUT2D eigenvalue weighted by atomic mass is 9.97. The lowest BCUT2D eigenvalue weighted by Crippen LogP contribution is -2.02. The monoisotopic (exact) mass is 347 g/mol. The highest BCUT2D eigenvalue weighted by molar-refractivity contribution is 6.15. The molecule has 2 aromatic carbocycles. The summed E-state index contributed by atoms with van der Waals surface area (Å²) in [5, 5.41) is 10.8. The quantitative estimate of drug-likeness (QED) is 0.524. The Bertz CT molecular complexity index is 1180. The number of carboxylic acid groups (broad SMARTS) is 1. The van der Waals surface area contributed by atoms with Crippen molar-refractivity contribution in [3.8, 4) is 11.1 Å². The molecule has 0 bridgehead atoms. The molecule has 5 N–H and O–H groups in total. The van der Waals surface area contributed by atoms with Crippen LogP contribution in [0.1, 0.15) is 5.56 Å². The standard InChI is InChI=1S/C19H17N5O2/c1-24-6-5-12-16-14(22-19(21)23-18(16)20)9-13(17(12)24)11-4-2-3-10(7-11)8-15(25)26/h2-7,9H,8H2,1H3,(H,25,26)(H4,20,21,22,23). The van der Waals surface area contributed by atoms with Gasteiger partial charge < -0.3 is 21.1 Å². The Morgan fingerprint density at radius 3 is 2.77 bits per heavy atom. The Kier molecular flexibility index (Phi) is 3.50. The lowest BCUT2D eigenvalue weighted by Gasteiger charge is -2.12. The van der Waals surface area contributed by atoms with Crippen molar-refractivity contribution in [1.29, 1.82) is 0 Å². The van der Waals surface area contributed by atoms with Gasteiger partial charge in [-0.05, 0) is 23.3 Å². The van der Waals surface area contributed by atoms with Crippen molar-refractivity contribution in [2.45, 2.75) is 6.42 Å². The van der Waals surface area contributed by atoms with Crippen molar-refractivity contribution in [3.05, 3.63) is 48.2 Å². The highest BCUT2D eigenvalue weighted by Gasteiger charge is 2.16. The summed E-state index contributed by atoms with van der Waals surface area (Å²) < 4.78 is 2.00. The van der Waals surface area contributed by atoms with E-state index in [9.17, 15) is 4.79 Å². The van der Waals surface area contributed by atoms with Crippen LogP contribution in [0.25, 0.3) is 32.9 Å². The number of hydrogen-bond acceptors (Lipinski definition) is 5. The fraction of sp³-hybridized carbons (Fsp3) is 0.105. The van der Waals surface area contributed by atoms with Gasteiger partial charge in [0.25, 0.3) is 0 Å². The number of aliphatic carboxylic acids is 1. The average molecular weight is 347 g/mol. The average Bonchev–Trinajstić information content (AvgIpc) is 2.95. The summed E-state index contributed by atoms with van der Waals surface area (Å²) in [6.07, 6.45) is 1.92. The van der Waals surface area contributed by atoms with Crippen LogP contribution in [0.3, 0.4) is 0 Å². The van der Waals surface area contributed by atoms with Gasteiger partial charge >= 0.3 is 5.97 Å². The largest absolute Gasteiger partial charge is 0.481 e. The van der Waals surface area contributed by atoms with Gasteiger partial charge in [-0.2, -0.15) is 4.98 Å². The Morgan fingerprint density at radius 1 is 1.19 bits per heavy atom. The minimum Gasteiger partial charge on any atom is -0.481 e. The normalized spacial score (nSPS) is 11.3. The fourth-order valence-electron chi connectivity index (χ4n) is 3.41. The number of benzene rings is 2. The first kappa shape index (κ1) is 15.9. The summed E-state index contributed by atoms with van der Waals surface area (Å²) >= 11 is 0. The van der Waals surface area contributed by atoms with Gasteiger partial charge in [0.15, 0.2) is 0 Å². The first-order chi connectivity index (χ1) is 12.4. The van der Waals surface area contributed by atoms with Crippen LogP contribution in [0.15, 0.2) is 42.6 Å². The van der Waals surface area contributed by atoms with Gasteiger partial charge in [0, 0.05) is 24.2 Å².